The van der Waals surface area contributed by atoms with Gasteiger partial charge in [0.05, 0.1) is 0 Å². The molecule has 1 aliphatic rings. The Balaban J connectivity index is 0.00000176. The third kappa shape index (κ3) is 3.25. The number of rotatable bonds is 2. The summed E-state index contributed by atoms with van der Waals surface area (Å²) in [4.78, 5) is 12.4. The van der Waals surface area contributed by atoms with Crippen molar-refractivity contribution in [1.29, 1.82) is 0 Å². The molecule has 1 aliphatic heterocycles. The molecule has 0 bridgehead atoms. The fourth-order valence-electron chi connectivity index (χ4n) is 2.75. The Bertz CT molecular complexity index is 697. The van der Waals surface area contributed by atoms with Gasteiger partial charge in [-0.2, -0.15) is 0 Å². The quantitative estimate of drug-likeness (QED) is 0.865. The molecule has 2 N–H and O–H groups in total. The predicted octanol–water partition coefficient (Wildman–Crippen LogP) is 4.34. The molecular formula is C18H21ClN2O. The SMILES string of the molecule is Cc1cccc(C(=O)Nc2ccc3c(c2)CCCN3)c1C.Cl. The zero-order valence-corrected chi connectivity index (χ0v) is 13.7. The van der Waals surface area contributed by atoms with E-state index >= 15 is 0 Å². The Morgan fingerprint density at radius 3 is 2.82 bits per heavy atom. The molecule has 0 aliphatic carbocycles. The summed E-state index contributed by atoms with van der Waals surface area (Å²) in [6.07, 6.45) is 2.21. The molecule has 0 saturated carbocycles. The molecule has 0 spiro atoms. The van der Waals surface area contributed by atoms with Gasteiger partial charge >= 0.3 is 0 Å². The number of amides is 1. The molecule has 3 rings (SSSR count). The Kier molecular flexibility index (Phi) is 5.09. The summed E-state index contributed by atoms with van der Waals surface area (Å²) in [5.41, 5.74) is 6.24. The number of aryl methyl sites for hydroxylation is 2. The molecule has 0 aromatic heterocycles. The lowest BCUT2D eigenvalue weighted by Gasteiger charge is -2.19. The summed E-state index contributed by atoms with van der Waals surface area (Å²) < 4.78 is 0. The van der Waals surface area contributed by atoms with Crippen molar-refractivity contribution in [2.24, 2.45) is 0 Å². The molecule has 116 valence electrons. The van der Waals surface area contributed by atoms with Crippen LogP contribution in [0, 0.1) is 13.8 Å². The molecule has 0 atom stereocenters. The summed E-state index contributed by atoms with van der Waals surface area (Å²) in [6.45, 7) is 5.04. The van der Waals surface area contributed by atoms with Crippen LogP contribution in [0.4, 0.5) is 11.4 Å². The Labute approximate surface area is 137 Å². The van der Waals surface area contributed by atoms with Gasteiger partial charge in [-0.15, -0.1) is 12.4 Å². The smallest absolute Gasteiger partial charge is 0.255 e. The van der Waals surface area contributed by atoms with Gasteiger partial charge in [-0.3, -0.25) is 4.79 Å². The van der Waals surface area contributed by atoms with Gasteiger partial charge < -0.3 is 10.6 Å². The van der Waals surface area contributed by atoms with E-state index in [1.165, 1.54) is 11.3 Å². The highest BCUT2D eigenvalue weighted by Crippen LogP contribution is 2.25. The summed E-state index contributed by atoms with van der Waals surface area (Å²) in [5.74, 6) is -0.0417. The summed E-state index contributed by atoms with van der Waals surface area (Å²) >= 11 is 0. The molecule has 1 heterocycles. The first kappa shape index (κ1) is 16.4. The second-order valence-corrected chi connectivity index (χ2v) is 5.60. The van der Waals surface area contributed by atoms with Crippen LogP contribution in [0.15, 0.2) is 36.4 Å². The standard InChI is InChI=1S/C18H20N2O.ClH/c1-12-5-3-7-16(13(12)2)18(21)20-15-8-9-17-14(11-15)6-4-10-19-17;/h3,5,7-9,11,19H,4,6,10H2,1-2H3,(H,20,21);1H. The number of hydrogen-bond donors (Lipinski definition) is 2. The van der Waals surface area contributed by atoms with E-state index in [2.05, 4.69) is 16.7 Å². The van der Waals surface area contributed by atoms with Crippen molar-refractivity contribution in [3.8, 4) is 0 Å². The van der Waals surface area contributed by atoms with Gasteiger partial charge in [0.15, 0.2) is 0 Å². The van der Waals surface area contributed by atoms with Crippen molar-refractivity contribution in [3.63, 3.8) is 0 Å². The maximum Gasteiger partial charge on any atom is 0.255 e. The van der Waals surface area contributed by atoms with E-state index < -0.39 is 0 Å². The van der Waals surface area contributed by atoms with Gasteiger partial charge in [0.25, 0.3) is 5.91 Å². The van der Waals surface area contributed by atoms with Crippen molar-refractivity contribution in [2.75, 3.05) is 17.2 Å². The topological polar surface area (TPSA) is 41.1 Å². The molecule has 3 nitrogen and oxygen atoms in total. The minimum atomic E-state index is -0.0417. The average molecular weight is 317 g/mol. The maximum atomic E-state index is 12.4. The lowest BCUT2D eigenvalue weighted by molar-refractivity contribution is 0.102. The number of halogens is 1. The van der Waals surface area contributed by atoms with E-state index in [1.54, 1.807) is 0 Å². The second-order valence-electron chi connectivity index (χ2n) is 5.60. The summed E-state index contributed by atoms with van der Waals surface area (Å²) in [7, 11) is 0. The third-order valence-electron chi connectivity index (χ3n) is 4.15. The van der Waals surface area contributed by atoms with Crippen LogP contribution in [0.5, 0.6) is 0 Å². The van der Waals surface area contributed by atoms with Crippen molar-refractivity contribution in [1.82, 2.24) is 0 Å². The number of benzene rings is 2. The van der Waals surface area contributed by atoms with Gasteiger partial charge in [0.1, 0.15) is 0 Å². The number of fused-ring (bicyclic) bond motifs is 1. The Morgan fingerprint density at radius 1 is 1.18 bits per heavy atom. The highest BCUT2D eigenvalue weighted by atomic mass is 35.5. The molecule has 1 amide bonds. The van der Waals surface area contributed by atoms with E-state index in [9.17, 15) is 4.79 Å². The third-order valence-corrected chi connectivity index (χ3v) is 4.15. The Hall–Kier alpha value is -2.00. The van der Waals surface area contributed by atoms with E-state index in [4.69, 9.17) is 0 Å². The summed E-state index contributed by atoms with van der Waals surface area (Å²) in [5, 5.41) is 6.39. The minimum absolute atomic E-state index is 0. The Morgan fingerprint density at radius 2 is 2.00 bits per heavy atom. The average Bonchev–Trinajstić information content (AvgIpc) is 2.50. The molecular weight excluding hydrogens is 296 g/mol. The second kappa shape index (κ2) is 6.84. The van der Waals surface area contributed by atoms with Gasteiger partial charge in [0, 0.05) is 23.5 Å². The molecule has 0 unspecified atom stereocenters. The highest BCUT2D eigenvalue weighted by molar-refractivity contribution is 6.05. The zero-order chi connectivity index (χ0) is 14.8. The van der Waals surface area contributed by atoms with E-state index in [0.717, 1.165) is 41.8 Å². The number of hydrogen-bond acceptors (Lipinski definition) is 2. The molecule has 2 aromatic carbocycles. The van der Waals surface area contributed by atoms with E-state index in [0.29, 0.717) is 0 Å². The predicted molar refractivity (Wildman–Crippen MR) is 94.4 cm³/mol. The number of anilines is 2. The monoisotopic (exact) mass is 316 g/mol. The van der Waals surface area contributed by atoms with Crippen LogP contribution in [0.1, 0.15) is 33.5 Å². The van der Waals surface area contributed by atoms with Crippen molar-refractivity contribution in [3.05, 3.63) is 58.7 Å². The zero-order valence-electron chi connectivity index (χ0n) is 12.9. The largest absolute Gasteiger partial charge is 0.385 e. The first-order chi connectivity index (χ1) is 10.1. The maximum absolute atomic E-state index is 12.4. The summed E-state index contributed by atoms with van der Waals surface area (Å²) in [6, 6.07) is 11.9. The normalized spacial score (nSPS) is 12.6. The van der Waals surface area contributed by atoms with Crippen LogP contribution < -0.4 is 10.6 Å². The highest BCUT2D eigenvalue weighted by Gasteiger charge is 2.13. The van der Waals surface area contributed by atoms with Crippen LogP contribution in [-0.2, 0) is 6.42 Å². The van der Waals surface area contributed by atoms with Gasteiger partial charge in [0.2, 0.25) is 0 Å². The lowest BCUT2D eigenvalue weighted by atomic mass is 10.0. The van der Waals surface area contributed by atoms with Crippen LogP contribution >= 0.6 is 12.4 Å². The van der Waals surface area contributed by atoms with Crippen molar-refractivity contribution in [2.45, 2.75) is 26.7 Å². The number of carbonyl (C=O) groups excluding carboxylic acids is 1. The fourth-order valence-corrected chi connectivity index (χ4v) is 2.75. The van der Waals surface area contributed by atoms with Gasteiger partial charge in [-0.25, -0.2) is 0 Å². The van der Waals surface area contributed by atoms with Crippen LogP contribution in [0.3, 0.4) is 0 Å². The molecule has 0 radical (unpaired) electrons. The van der Waals surface area contributed by atoms with Crippen molar-refractivity contribution < 1.29 is 4.79 Å². The first-order valence-corrected chi connectivity index (χ1v) is 7.39. The van der Waals surface area contributed by atoms with Crippen LogP contribution in [0.25, 0.3) is 0 Å². The van der Waals surface area contributed by atoms with Gasteiger partial charge in [-0.1, -0.05) is 12.1 Å². The minimum Gasteiger partial charge on any atom is -0.385 e. The van der Waals surface area contributed by atoms with Crippen molar-refractivity contribution >= 4 is 29.7 Å². The fraction of sp³-hybridized carbons (Fsp3) is 0.278. The number of nitrogens with one attached hydrogen (secondary N) is 2. The molecule has 0 saturated heterocycles. The van der Waals surface area contributed by atoms with Crippen LogP contribution in [0.2, 0.25) is 0 Å². The molecule has 2 aromatic rings. The molecule has 0 fully saturated rings. The molecule has 4 heteroatoms. The van der Waals surface area contributed by atoms with E-state index in [1.807, 2.05) is 44.2 Å². The van der Waals surface area contributed by atoms with Crippen LogP contribution in [-0.4, -0.2) is 12.5 Å². The van der Waals surface area contributed by atoms with Gasteiger partial charge in [-0.05, 0) is 67.6 Å². The lowest BCUT2D eigenvalue weighted by Crippen LogP contribution is -2.15. The first-order valence-electron chi connectivity index (χ1n) is 7.39. The molecule has 22 heavy (non-hydrogen) atoms. The van der Waals surface area contributed by atoms with E-state index in [-0.39, 0.29) is 18.3 Å². The number of carbonyl (C=O) groups is 1.